The zero-order valence-electron chi connectivity index (χ0n) is 10.5. The summed E-state index contributed by atoms with van der Waals surface area (Å²) in [6.45, 7) is 5.83. The number of hydrogen-bond acceptors (Lipinski definition) is 3. The zero-order valence-corrected chi connectivity index (χ0v) is 12.1. The predicted molar refractivity (Wildman–Crippen MR) is 79.6 cm³/mol. The summed E-state index contributed by atoms with van der Waals surface area (Å²) in [6.07, 6.45) is 0.417. The number of morpholine rings is 1. The Morgan fingerprint density at radius 1 is 1.39 bits per heavy atom. The highest BCUT2D eigenvalue weighted by molar-refractivity contribution is 7.80. The van der Waals surface area contributed by atoms with Gasteiger partial charge in [0.2, 0.25) is 0 Å². The second-order valence-corrected chi connectivity index (χ2v) is 5.54. The first-order chi connectivity index (χ1) is 8.47. The van der Waals surface area contributed by atoms with Crippen molar-refractivity contribution in [2.24, 2.45) is 5.73 Å². The SMILES string of the molecule is C[C@@H]1CN(c2ccc(C(N)=S)cc2Cl)C[C@H](C)O1. The average Bonchev–Trinajstić information content (AvgIpc) is 2.27. The van der Waals surface area contributed by atoms with Crippen molar-refractivity contribution in [2.45, 2.75) is 26.1 Å². The first-order valence-corrected chi connectivity index (χ1v) is 6.75. The molecule has 2 rings (SSSR count). The lowest BCUT2D eigenvalue weighted by Crippen LogP contribution is -2.45. The highest BCUT2D eigenvalue weighted by Gasteiger charge is 2.23. The Kier molecular flexibility index (Phi) is 4.10. The summed E-state index contributed by atoms with van der Waals surface area (Å²) in [5.41, 5.74) is 7.41. The zero-order chi connectivity index (χ0) is 13.3. The fourth-order valence-electron chi connectivity index (χ4n) is 2.29. The minimum Gasteiger partial charge on any atom is -0.389 e. The fourth-order valence-corrected chi connectivity index (χ4v) is 2.72. The molecule has 0 amide bonds. The Balaban J connectivity index is 2.25. The largest absolute Gasteiger partial charge is 0.389 e. The highest BCUT2D eigenvalue weighted by atomic mass is 35.5. The smallest absolute Gasteiger partial charge is 0.104 e. The van der Waals surface area contributed by atoms with Gasteiger partial charge in [-0.15, -0.1) is 0 Å². The molecule has 1 saturated heterocycles. The molecule has 0 aromatic heterocycles. The van der Waals surface area contributed by atoms with Gasteiger partial charge in [0, 0.05) is 18.7 Å². The van der Waals surface area contributed by atoms with E-state index in [4.69, 9.17) is 34.3 Å². The monoisotopic (exact) mass is 284 g/mol. The third-order valence-corrected chi connectivity index (χ3v) is 3.53. The molecule has 1 aliphatic heterocycles. The number of hydrogen-bond donors (Lipinski definition) is 1. The summed E-state index contributed by atoms with van der Waals surface area (Å²) in [6, 6.07) is 5.71. The van der Waals surface area contributed by atoms with Crippen LogP contribution in [0.2, 0.25) is 5.02 Å². The molecule has 0 bridgehead atoms. The highest BCUT2D eigenvalue weighted by Crippen LogP contribution is 2.29. The molecule has 1 fully saturated rings. The lowest BCUT2D eigenvalue weighted by Gasteiger charge is -2.37. The van der Waals surface area contributed by atoms with Gasteiger partial charge in [0.05, 0.1) is 22.9 Å². The van der Waals surface area contributed by atoms with Gasteiger partial charge in [-0.3, -0.25) is 0 Å². The van der Waals surface area contributed by atoms with Crippen molar-refractivity contribution in [1.82, 2.24) is 0 Å². The first-order valence-electron chi connectivity index (χ1n) is 5.97. The number of nitrogens with two attached hydrogens (primary N) is 1. The van der Waals surface area contributed by atoms with Crippen molar-refractivity contribution >= 4 is 34.5 Å². The van der Waals surface area contributed by atoms with E-state index in [0.717, 1.165) is 24.3 Å². The van der Waals surface area contributed by atoms with Gasteiger partial charge in [-0.05, 0) is 32.0 Å². The number of thiocarbonyl (C=S) groups is 1. The molecule has 98 valence electrons. The van der Waals surface area contributed by atoms with E-state index >= 15 is 0 Å². The minimum atomic E-state index is 0.208. The first kappa shape index (κ1) is 13.6. The molecule has 2 atom stereocenters. The molecule has 2 N–H and O–H groups in total. The number of rotatable bonds is 2. The molecule has 1 aromatic rings. The van der Waals surface area contributed by atoms with E-state index in [-0.39, 0.29) is 12.2 Å². The van der Waals surface area contributed by atoms with Crippen LogP contribution in [0.5, 0.6) is 0 Å². The third kappa shape index (κ3) is 2.94. The van der Waals surface area contributed by atoms with Crippen molar-refractivity contribution in [3.8, 4) is 0 Å². The molecule has 0 unspecified atom stereocenters. The molecule has 5 heteroatoms. The number of halogens is 1. The van der Waals surface area contributed by atoms with Gasteiger partial charge in [0.1, 0.15) is 4.99 Å². The van der Waals surface area contributed by atoms with Crippen LogP contribution >= 0.6 is 23.8 Å². The van der Waals surface area contributed by atoms with E-state index in [1.165, 1.54) is 0 Å². The van der Waals surface area contributed by atoms with E-state index in [1.807, 2.05) is 18.2 Å². The molecule has 0 saturated carbocycles. The minimum absolute atomic E-state index is 0.208. The van der Waals surface area contributed by atoms with Crippen LogP contribution in [0.3, 0.4) is 0 Å². The van der Waals surface area contributed by atoms with Crippen LogP contribution < -0.4 is 10.6 Å². The molecule has 1 aliphatic rings. The van der Waals surface area contributed by atoms with Gasteiger partial charge in [-0.25, -0.2) is 0 Å². The summed E-state index contributed by atoms with van der Waals surface area (Å²) in [5.74, 6) is 0. The molecule has 1 aromatic carbocycles. The van der Waals surface area contributed by atoms with Gasteiger partial charge in [-0.1, -0.05) is 23.8 Å². The van der Waals surface area contributed by atoms with Gasteiger partial charge in [-0.2, -0.15) is 0 Å². The van der Waals surface area contributed by atoms with Crippen molar-refractivity contribution in [1.29, 1.82) is 0 Å². The predicted octanol–water partition coefficient (Wildman–Crippen LogP) is 2.59. The summed E-state index contributed by atoms with van der Waals surface area (Å²) >= 11 is 11.2. The van der Waals surface area contributed by atoms with Crippen LogP contribution in [0.1, 0.15) is 19.4 Å². The second kappa shape index (κ2) is 5.43. The Bertz CT molecular complexity index is 456. The van der Waals surface area contributed by atoms with E-state index in [1.54, 1.807) is 0 Å². The van der Waals surface area contributed by atoms with E-state index in [9.17, 15) is 0 Å². The van der Waals surface area contributed by atoms with Crippen LogP contribution in [0.15, 0.2) is 18.2 Å². The normalized spacial score (nSPS) is 24.1. The number of nitrogens with zero attached hydrogens (tertiary/aromatic N) is 1. The molecule has 1 heterocycles. The molecule has 0 spiro atoms. The van der Waals surface area contributed by atoms with Gasteiger partial charge in [0.15, 0.2) is 0 Å². The van der Waals surface area contributed by atoms with Crippen LogP contribution in [0.25, 0.3) is 0 Å². The number of anilines is 1. The molecule has 0 aliphatic carbocycles. The molecule has 3 nitrogen and oxygen atoms in total. The van der Waals surface area contributed by atoms with Gasteiger partial charge in [0.25, 0.3) is 0 Å². The number of benzene rings is 1. The van der Waals surface area contributed by atoms with Gasteiger partial charge < -0.3 is 15.4 Å². The lowest BCUT2D eigenvalue weighted by molar-refractivity contribution is -0.00520. The van der Waals surface area contributed by atoms with Crippen molar-refractivity contribution in [3.05, 3.63) is 28.8 Å². The standard InChI is InChI=1S/C13H17ClN2OS/c1-8-6-16(7-9(2)17-8)12-4-3-10(13(15)18)5-11(12)14/h3-5,8-9H,6-7H2,1-2H3,(H2,15,18)/t8-,9+. The van der Waals surface area contributed by atoms with Crippen LogP contribution in [-0.2, 0) is 4.74 Å². The third-order valence-electron chi connectivity index (χ3n) is 2.99. The summed E-state index contributed by atoms with van der Waals surface area (Å²) in [7, 11) is 0. The Morgan fingerprint density at radius 3 is 2.50 bits per heavy atom. The van der Waals surface area contributed by atoms with Crippen LogP contribution in [-0.4, -0.2) is 30.3 Å². The maximum atomic E-state index is 6.30. The average molecular weight is 285 g/mol. The lowest BCUT2D eigenvalue weighted by atomic mass is 10.1. The van der Waals surface area contributed by atoms with E-state index < -0.39 is 0 Å². The topological polar surface area (TPSA) is 38.5 Å². The maximum absolute atomic E-state index is 6.30. The molecule has 18 heavy (non-hydrogen) atoms. The van der Waals surface area contributed by atoms with Crippen molar-refractivity contribution in [3.63, 3.8) is 0 Å². The maximum Gasteiger partial charge on any atom is 0.104 e. The second-order valence-electron chi connectivity index (χ2n) is 4.69. The van der Waals surface area contributed by atoms with Crippen LogP contribution in [0.4, 0.5) is 5.69 Å². The molecule has 0 radical (unpaired) electrons. The van der Waals surface area contributed by atoms with Crippen LogP contribution in [0, 0.1) is 0 Å². The quantitative estimate of drug-likeness (QED) is 0.847. The summed E-state index contributed by atoms with van der Waals surface area (Å²) < 4.78 is 5.71. The Morgan fingerprint density at radius 2 is 2.00 bits per heavy atom. The van der Waals surface area contributed by atoms with Gasteiger partial charge >= 0.3 is 0 Å². The Labute approximate surface area is 118 Å². The fraction of sp³-hybridized carbons (Fsp3) is 0.462. The Hall–Kier alpha value is -0.840. The molecular weight excluding hydrogens is 268 g/mol. The summed E-state index contributed by atoms with van der Waals surface area (Å²) in [5, 5.41) is 0.682. The van der Waals surface area contributed by atoms with E-state index in [2.05, 4.69) is 18.7 Å². The van der Waals surface area contributed by atoms with Crippen molar-refractivity contribution in [2.75, 3.05) is 18.0 Å². The molecular formula is C13H17ClN2OS. The van der Waals surface area contributed by atoms with E-state index in [0.29, 0.717) is 10.0 Å². The number of ether oxygens (including phenoxy) is 1. The van der Waals surface area contributed by atoms with Crippen molar-refractivity contribution < 1.29 is 4.74 Å². The summed E-state index contributed by atoms with van der Waals surface area (Å²) in [4.78, 5) is 2.61.